The minimum absolute atomic E-state index is 0.155. The summed E-state index contributed by atoms with van der Waals surface area (Å²) in [7, 11) is 0. The molecule has 0 aliphatic carbocycles. The summed E-state index contributed by atoms with van der Waals surface area (Å²) in [5.74, 6) is 0. The van der Waals surface area contributed by atoms with Gasteiger partial charge in [0.2, 0.25) is 0 Å². The third kappa shape index (κ3) is 3.18. The van der Waals surface area contributed by atoms with Crippen molar-refractivity contribution in [3.8, 4) is 0 Å². The van der Waals surface area contributed by atoms with Crippen molar-refractivity contribution in [2.45, 2.75) is 51.6 Å². The van der Waals surface area contributed by atoms with Crippen molar-refractivity contribution in [1.29, 1.82) is 0 Å². The summed E-state index contributed by atoms with van der Waals surface area (Å²) in [4.78, 5) is 2.46. The minimum Gasteiger partial charge on any atom is -0.369 e. The quantitative estimate of drug-likeness (QED) is 0.906. The minimum atomic E-state index is 0.155. The highest BCUT2D eigenvalue weighted by molar-refractivity contribution is 6.31. The first-order valence-electron chi connectivity index (χ1n) is 6.88. The summed E-state index contributed by atoms with van der Waals surface area (Å²) in [6, 6.07) is 7.19. The van der Waals surface area contributed by atoms with E-state index in [1.165, 1.54) is 24.9 Å². The van der Waals surface area contributed by atoms with Gasteiger partial charge in [-0.1, -0.05) is 17.7 Å². The summed E-state index contributed by atoms with van der Waals surface area (Å²) in [5.41, 5.74) is 8.23. The van der Waals surface area contributed by atoms with Crippen LogP contribution in [0, 0.1) is 0 Å². The average molecular weight is 267 g/mol. The molecule has 1 aromatic rings. The molecule has 0 radical (unpaired) electrons. The number of piperidine rings is 1. The Morgan fingerprint density at radius 3 is 2.83 bits per heavy atom. The number of benzene rings is 1. The third-order valence-corrected chi connectivity index (χ3v) is 4.07. The molecule has 0 bridgehead atoms. The topological polar surface area (TPSA) is 29.3 Å². The second-order valence-electron chi connectivity index (χ2n) is 5.50. The van der Waals surface area contributed by atoms with Gasteiger partial charge in [-0.05, 0) is 57.2 Å². The van der Waals surface area contributed by atoms with Gasteiger partial charge in [0, 0.05) is 29.3 Å². The first kappa shape index (κ1) is 13.7. The Balaban J connectivity index is 2.17. The number of hydrogen-bond donors (Lipinski definition) is 1. The zero-order valence-corrected chi connectivity index (χ0v) is 12.1. The molecule has 1 heterocycles. The van der Waals surface area contributed by atoms with Crippen LogP contribution in [0.2, 0.25) is 5.02 Å². The van der Waals surface area contributed by atoms with E-state index < -0.39 is 0 Å². The molecule has 2 unspecified atom stereocenters. The van der Waals surface area contributed by atoms with Crippen LogP contribution >= 0.6 is 11.6 Å². The molecule has 1 saturated heterocycles. The largest absolute Gasteiger partial charge is 0.369 e. The monoisotopic (exact) mass is 266 g/mol. The van der Waals surface area contributed by atoms with Crippen LogP contribution in [0.1, 0.15) is 38.7 Å². The van der Waals surface area contributed by atoms with Gasteiger partial charge in [0.1, 0.15) is 0 Å². The Kier molecular flexibility index (Phi) is 4.52. The van der Waals surface area contributed by atoms with E-state index in [1.807, 2.05) is 6.92 Å². The molecule has 3 heteroatoms. The molecule has 1 aliphatic heterocycles. The summed E-state index contributed by atoms with van der Waals surface area (Å²) >= 11 is 6.36. The number of anilines is 1. The maximum Gasteiger partial charge on any atom is 0.0459 e. The van der Waals surface area contributed by atoms with Gasteiger partial charge in [-0.25, -0.2) is 0 Å². The van der Waals surface area contributed by atoms with Gasteiger partial charge in [0.25, 0.3) is 0 Å². The fraction of sp³-hybridized carbons (Fsp3) is 0.600. The molecule has 2 rings (SSSR count). The Hall–Kier alpha value is -0.730. The Morgan fingerprint density at radius 1 is 1.44 bits per heavy atom. The molecule has 0 aromatic heterocycles. The highest BCUT2D eigenvalue weighted by Crippen LogP contribution is 2.29. The van der Waals surface area contributed by atoms with Gasteiger partial charge in [-0.15, -0.1) is 0 Å². The molecule has 1 aromatic carbocycles. The summed E-state index contributed by atoms with van der Waals surface area (Å²) < 4.78 is 0. The predicted octanol–water partition coefficient (Wildman–Crippen LogP) is 3.61. The third-order valence-electron chi connectivity index (χ3n) is 3.71. The first-order chi connectivity index (χ1) is 8.58. The normalized spacial score (nSPS) is 22.0. The lowest BCUT2D eigenvalue weighted by atomic mass is 10.0. The van der Waals surface area contributed by atoms with Crippen molar-refractivity contribution in [1.82, 2.24) is 0 Å². The number of nitrogens with zero attached hydrogens (tertiary/aromatic N) is 1. The molecule has 18 heavy (non-hydrogen) atoms. The van der Waals surface area contributed by atoms with E-state index in [2.05, 4.69) is 30.0 Å². The highest BCUT2D eigenvalue weighted by atomic mass is 35.5. The molecule has 0 spiro atoms. The average Bonchev–Trinajstić information content (AvgIpc) is 2.32. The van der Waals surface area contributed by atoms with E-state index in [1.54, 1.807) is 0 Å². The fourth-order valence-corrected chi connectivity index (χ4v) is 2.96. The molecule has 2 atom stereocenters. The van der Waals surface area contributed by atoms with Crippen LogP contribution < -0.4 is 10.6 Å². The zero-order valence-electron chi connectivity index (χ0n) is 11.3. The number of halogens is 1. The van der Waals surface area contributed by atoms with E-state index in [4.69, 9.17) is 17.3 Å². The smallest absolute Gasteiger partial charge is 0.0459 e. The first-order valence-corrected chi connectivity index (χ1v) is 7.26. The van der Waals surface area contributed by atoms with Gasteiger partial charge < -0.3 is 10.6 Å². The van der Waals surface area contributed by atoms with E-state index in [0.29, 0.717) is 6.04 Å². The lowest BCUT2D eigenvalue weighted by molar-refractivity contribution is 0.485. The van der Waals surface area contributed by atoms with Crippen LogP contribution in [0.5, 0.6) is 0 Å². The Morgan fingerprint density at radius 2 is 2.22 bits per heavy atom. The Bertz CT molecular complexity index is 403. The Labute approximate surface area is 115 Å². The molecule has 2 nitrogen and oxygen atoms in total. The van der Waals surface area contributed by atoms with Crippen LogP contribution in [0.3, 0.4) is 0 Å². The van der Waals surface area contributed by atoms with Crippen LogP contribution in [-0.4, -0.2) is 18.6 Å². The van der Waals surface area contributed by atoms with E-state index in [0.717, 1.165) is 23.6 Å². The van der Waals surface area contributed by atoms with Crippen molar-refractivity contribution in [2.24, 2.45) is 5.73 Å². The summed E-state index contributed by atoms with van der Waals surface area (Å²) in [6.45, 7) is 5.45. The van der Waals surface area contributed by atoms with Crippen LogP contribution in [-0.2, 0) is 6.42 Å². The SMILES string of the molecule is CC(N)Cc1ccc(N2CCCCC2C)cc1Cl. The highest BCUT2D eigenvalue weighted by Gasteiger charge is 2.19. The van der Waals surface area contributed by atoms with Crippen molar-refractivity contribution >= 4 is 17.3 Å². The van der Waals surface area contributed by atoms with Crippen LogP contribution in [0.25, 0.3) is 0 Å². The lowest BCUT2D eigenvalue weighted by Crippen LogP contribution is -2.37. The second kappa shape index (κ2) is 5.94. The van der Waals surface area contributed by atoms with Gasteiger partial charge in [-0.3, -0.25) is 0 Å². The lowest BCUT2D eigenvalue weighted by Gasteiger charge is -2.35. The summed E-state index contributed by atoms with van der Waals surface area (Å²) in [5, 5.41) is 0.850. The van der Waals surface area contributed by atoms with Gasteiger partial charge in [0.05, 0.1) is 0 Å². The second-order valence-corrected chi connectivity index (χ2v) is 5.90. The molecule has 2 N–H and O–H groups in total. The van der Waals surface area contributed by atoms with Gasteiger partial charge >= 0.3 is 0 Å². The zero-order chi connectivity index (χ0) is 13.1. The van der Waals surface area contributed by atoms with E-state index >= 15 is 0 Å². The molecule has 0 saturated carbocycles. The van der Waals surface area contributed by atoms with Crippen LogP contribution in [0.15, 0.2) is 18.2 Å². The molecule has 100 valence electrons. The fourth-order valence-electron chi connectivity index (χ4n) is 2.71. The molecule has 0 amide bonds. The van der Waals surface area contributed by atoms with Gasteiger partial charge in [0.15, 0.2) is 0 Å². The number of nitrogens with two attached hydrogens (primary N) is 1. The number of rotatable bonds is 3. The maximum atomic E-state index is 6.36. The van der Waals surface area contributed by atoms with Crippen molar-refractivity contribution < 1.29 is 0 Å². The van der Waals surface area contributed by atoms with Gasteiger partial charge in [-0.2, -0.15) is 0 Å². The molecular weight excluding hydrogens is 244 g/mol. The van der Waals surface area contributed by atoms with Crippen molar-refractivity contribution in [3.63, 3.8) is 0 Å². The predicted molar refractivity (Wildman–Crippen MR) is 79.5 cm³/mol. The van der Waals surface area contributed by atoms with E-state index in [-0.39, 0.29) is 6.04 Å². The van der Waals surface area contributed by atoms with Crippen molar-refractivity contribution in [3.05, 3.63) is 28.8 Å². The standard InChI is InChI=1S/C15H23ClN2/c1-11(17)9-13-6-7-14(10-15(13)16)18-8-4-3-5-12(18)2/h6-7,10-12H,3-5,8-9,17H2,1-2H3. The van der Waals surface area contributed by atoms with Crippen LogP contribution in [0.4, 0.5) is 5.69 Å². The molecule has 1 fully saturated rings. The maximum absolute atomic E-state index is 6.36. The van der Waals surface area contributed by atoms with E-state index in [9.17, 15) is 0 Å². The molecular formula is C15H23ClN2. The summed E-state index contributed by atoms with van der Waals surface area (Å²) in [6.07, 6.45) is 4.74. The number of hydrogen-bond acceptors (Lipinski definition) is 2. The van der Waals surface area contributed by atoms with Crippen molar-refractivity contribution in [2.75, 3.05) is 11.4 Å². The molecule has 1 aliphatic rings.